The van der Waals surface area contributed by atoms with Crippen LogP contribution in [0.2, 0.25) is 0 Å². The average molecular weight is 501 g/mol. The number of ether oxygens (including phenoxy) is 4. The first kappa shape index (κ1) is 26.8. The van der Waals surface area contributed by atoms with Crippen LogP contribution in [0.15, 0.2) is 11.6 Å². The van der Waals surface area contributed by atoms with Gasteiger partial charge in [-0.05, 0) is 59.4 Å². The Balaban J connectivity index is 1.29. The van der Waals surface area contributed by atoms with Gasteiger partial charge in [-0.3, -0.25) is 4.90 Å². The van der Waals surface area contributed by atoms with E-state index in [0.29, 0.717) is 51.7 Å². The number of nitrogens with zero attached hydrogens (tertiary/aromatic N) is 2. The van der Waals surface area contributed by atoms with Crippen LogP contribution in [0.3, 0.4) is 0 Å². The Morgan fingerprint density at radius 3 is 2.51 bits per heavy atom. The fourth-order valence-corrected chi connectivity index (χ4v) is 6.06. The average Bonchev–Trinajstić information content (AvgIpc) is 3.41. The van der Waals surface area contributed by atoms with Crippen LogP contribution in [-0.2, 0) is 18.9 Å². The zero-order valence-corrected chi connectivity index (χ0v) is 21.9. The molecule has 3 aliphatic heterocycles. The molecule has 1 aliphatic carbocycles. The minimum atomic E-state index is -2.56. The molecule has 3 heterocycles. The molecule has 1 amide bonds. The number of carbonyl (C=O) groups excluding carboxylic acids is 1. The Bertz CT molecular complexity index is 791. The van der Waals surface area contributed by atoms with Crippen molar-refractivity contribution in [1.29, 1.82) is 0 Å². The van der Waals surface area contributed by atoms with Crippen LogP contribution in [0.4, 0.5) is 13.6 Å². The molecule has 4 rings (SSSR count). The van der Waals surface area contributed by atoms with Gasteiger partial charge in [0.15, 0.2) is 0 Å². The number of alkyl halides is 2. The number of rotatable bonds is 9. The highest BCUT2D eigenvalue weighted by atomic mass is 19.3. The highest BCUT2D eigenvalue weighted by Crippen LogP contribution is 2.52. The van der Waals surface area contributed by atoms with Gasteiger partial charge in [-0.25, -0.2) is 13.6 Å². The van der Waals surface area contributed by atoms with E-state index in [1.165, 1.54) is 5.57 Å². The standard InChI is InChI=1S/C26H42F2N2O5/c1-18(2)8-13-33-24(3,4)22-21(32-5)20(6-9-25(22)17-34-25)35-23(31)30-14-19(15-30)7-11-29-12-10-26(27,28)16-29/h8,19-22H,6-7,9-17H2,1-5H3/t20-,21-,22-,25+/m1/s1. The Hall–Kier alpha value is -1.29. The lowest BCUT2D eigenvalue weighted by Gasteiger charge is -2.48. The van der Waals surface area contributed by atoms with Crippen molar-refractivity contribution in [1.82, 2.24) is 9.80 Å². The molecule has 9 heteroatoms. The lowest BCUT2D eigenvalue weighted by Crippen LogP contribution is -2.60. The van der Waals surface area contributed by atoms with Gasteiger partial charge in [0.05, 0.1) is 31.0 Å². The fraction of sp³-hybridized carbons (Fsp3) is 0.885. The van der Waals surface area contributed by atoms with Crippen LogP contribution < -0.4 is 0 Å². The number of amides is 1. The summed E-state index contributed by atoms with van der Waals surface area (Å²) in [4.78, 5) is 16.4. The highest BCUT2D eigenvalue weighted by molar-refractivity contribution is 5.69. The number of hydrogen-bond acceptors (Lipinski definition) is 6. The van der Waals surface area contributed by atoms with Crippen LogP contribution >= 0.6 is 0 Å². The van der Waals surface area contributed by atoms with Gasteiger partial charge in [0.2, 0.25) is 0 Å². The summed E-state index contributed by atoms with van der Waals surface area (Å²) >= 11 is 0. The summed E-state index contributed by atoms with van der Waals surface area (Å²) in [6.45, 7) is 11.6. The van der Waals surface area contributed by atoms with E-state index in [0.717, 1.165) is 12.8 Å². The normalized spacial score (nSPS) is 33.0. The largest absolute Gasteiger partial charge is 0.443 e. The van der Waals surface area contributed by atoms with Crippen LogP contribution in [0, 0.1) is 11.8 Å². The van der Waals surface area contributed by atoms with Crippen LogP contribution in [0.5, 0.6) is 0 Å². The molecule has 4 aliphatic rings. The molecule has 4 atom stereocenters. The molecule has 1 saturated carbocycles. The van der Waals surface area contributed by atoms with Crippen molar-refractivity contribution in [2.75, 3.05) is 53.0 Å². The molecule has 0 N–H and O–H groups in total. The predicted molar refractivity (Wildman–Crippen MR) is 128 cm³/mol. The van der Waals surface area contributed by atoms with Crippen molar-refractivity contribution in [3.05, 3.63) is 11.6 Å². The van der Waals surface area contributed by atoms with E-state index in [1.807, 2.05) is 18.7 Å². The summed E-state index contributed by atoms with van der Waals surface area (Å²) in [6, 6.07) is 0. The van der Waals surface area contributed by atoms with Crippen LogP contribution in [0.25, 0.3) is 0 Å². The first-order valence-corrected chi connectivity index (χ1v) is 12.9. The van der Waals surface area contributed by atoms with Crippen molar-refractivity contribution >= 4 is 6.09 Å². The van der Waals surface area contributed by atoms with Gasteiger partial charge in [-0.15, -0.1) is 0 Å². The van der Waals surface area contributed by atoms with E-state index in [2.05, 4.69) is 19.9 Å². The number of halogens is 2. The van der Waals surface area contributed by atoms with Gasteiger partial charge in [-0.1, -0.05) is 11.6 Å². The van der Waals surface area contributed by atoms with Gasteiger partial charge in [-0.2, -0.15) is 0 Å². The molecular formula is C26H42F2N2O5. The topological polar surface area (TPSA) is 63.8 Å². The van der Waals surface area contributed by atoms with E-state index in [1.54, 1.807) is 12.0 Å². The molecule has 0 aromatic carbocycles. The quantitative estimate of drug-likeness (QED) is 0.351. The molecular weight excluding hydrogens is 458 g/mol. The summed E-state index contributed by atoms with van der Waals surface area (Å²) in [6.07, 6.45) is 3.29. The Labute approximate surface area is 208 Å². The van der Waals surface area contributed by atoms with E-state index < -0.39 is 11.5 Å². The number of carbonyl (C=O) groups is 1. The lowest BCUT2D eigenvalue weighted by molar-refractivity contribution is -0.175. The number of hydrogen-bond donors (Lipinski definition) is 0. The molecule has 0 aromatic rings. The molecule has 0 unspecified atom stereocenters. The molecule has 35 heavy (non-hydrogen) atoms. The number of epoxide rings is 1. The van der Waals surface area contributed by atoms with Gasteiger partial charge < -0.3 is 23.8 Å². The molecule has 3 saturated heterocycles. The Morgan fingerprint density at radius 2 is 1.94 bits per heavy atom. The monoisotopic (exact) mass is 500 g/mol. The van der Waals surface area contributed by atoms with Crippen molar-refractivity contribution in [2.45, 2.75) is 82.7 Å². The van der Waals surface area contributed by atoms with E-state index >= 15 is 0 Å². The predicted octanol–water partition coefficient (Wildman–Crippen LogP) is 4.11. The maximum atomic E-state index is 13.4. The first-order chi connectivity index (χ1) is 16.4. The molecule has 7 nitrogen and oxygen atoms in total. The molecule has 0 aromatic heterocycles. The molecule has 4 fully saturated rings. The van der Waals surface area contributed by atoms with Crippen molar-refractivity contribution < 1.29 is 32.5 Å². The van der Waals surface area contributed by atoms with Crippen LogP contribution in [0.1, 0.15) is 53.4 Å². The molecule has 1 spiro atoms. The number of allylic oxidation sites excluding steroid dienone is 1. The van der Waals surface area contributed by atoms with E-state index in [4.69, 9.17) is 18.9 Å². The third kappa shape index (κ3) is 6.17. The minimum absolute atomic E-state index is 0.0533. The SMILES string of the molecule is CO[C@H]1[C@H](C(C)(C)OCC=C(C)C)[C@]2(CC[C@H]1OC(=O)N1CC(CCN3CCC(F)(F)C3)C1)CO2. The third-order valence-electron chi connectivity index (χ3n) is 8.17. The van der Waals surface area contributed by atoms with Gasteiger partial charge in [0.25, 0.3) is 5.92 Å². The molecule has 0 radical (unpaired) electrons. The summed E-state index contributed by atoms with van der Waals surface area (Å²) < 4.78 is 50.9. The number of methoxy groups -OCH3 is 1. The summed E-state index contributed by atoms with van der Waals surface area (Å²) in [5, 5.41) is 0. The summed E-state index contributed by atoms with van der Waals surface area (Å²) in [5.41, 5.74) is 0.387. The summed E-state index contributed by atoms with van der Waals surface area (Å²) in [5.74, 6) is -2.29. The maximum Gasteiger partial charge on any atom is 0.410 e. The van der Waals surface area contributed by atoms with Crippen LogP contribution in [-0.4, -0.2) is 98.3 Å². The highest BCUT2D eigenvalue weighted by Gasteiger charge is 2.64. The van der Waals surface area contributed by atoms with Crippen molar-refractivity contribution in [3.63, 3.8) is 0 Å². The maximum absolute atomic E-state index is 13.4. The van der Waals surface area contributed by atoms with Gasteiger partial charge >= 0.3 is 6.09 Å². The first-order valence-electron chi connectivity index (χ1n) is 12.9. The van der Waals surface area contributed by atoms with Crippen molar-refractivity contribution in [2.24, 2.45) is 11.8 Å². The summed E-state index contributed by atoms with van der Waals surface area (Å²) in [7, 11) is 1.66. The Kier molecular flexibility index (Phi) is 7.82. The lowest BCUT2D eigenvalue weighted by atomic mass is 9.68. The Morgan fingerprint density at radius 1 is 1.23 bits per heavy atom. The molecule has 0 bridgehead atoms. The fourth-order valence-electron chi connectivity index (χ4n) is 6.06. The second kappa shape index (κ2) is 10.2. The smallest absolute Gasteiger partial charge is 0.410 e. The molecule has 200 valence electrons. The third-order valence-corrected chi connectivity index (χ3v) is 8.17. The van der Waals surface area contributed by atoms with Gasteiger partial charge in [0, 0.05) is 39.1 Å². The minimum Gasteiger partial charge on any atom is -0.443 e. The van der Waals surface area contributed by atoms with Crippen molar-refractivity contribution in [3.8, 4) is 0 Å². The zero-order valence-electron chi connectivity index (χ0n) is 21.9. The zero-order chi connectivity index (χ0) is 25.4. The van der Waals surface area contributed by atoms with E-state index in [-0.39, 0.29) is 42.8 Å². The second-order valence-corrected chi connectivity index (χ2v) is 11.6. The van der Waals surface area contributed by atoms with E-state index in [9.17, 15) is 13.6 Å². The van der Waals surface area contributed by atoms with Gasteiger partial charge in [0.1, 0.15) is 12.2 Å². The number of likely N-dealkylation sites (tertiary alicyclic amines) is 2. The second-order valence-electron chi connectivity index (χ2n) is 11.6.